The molecule has 1 atom stereocenters. The van der Waals surface area contributed by atoms with Gasteiger partial charge in [0.05, 0.1) is 0 Å². The van der Waals surface area contributed by atoms with Crippen LogP contribution in [0.3, 0.4) is 0 Å². The van der Waals surface area contributed by atoms with Gasteiger partial charge in [0.25, 0.3) is 0 Å². The summed E-state index contributed by atoms with van der Waals surface area (Å²) in [5.74, 6) is 0. The molecule has 0 spiro atoms. The molecule has 1 aliphatic rings. The van der Waals surface area contributed by atoms with Gasteiger partial charge in [-0.1, -0.05) is 6.08 Å². The van der Waals surface area contributed by atoms with Gasteiger partial charge in [0.2, 0.25) is 0 Å². The largest absolute Gasteiger partial charge is 0.370 e. The summed E-state index contributed by atoms with van der Waals surface area (Å²) in [6.45, 7) is 1.84. The minimum absolute atomic E-state index is 0.549. The van der Waals surface area contributed by atoms with Crippen molar-refractivity contribution in [1.29, 1.82) is 0 Å². The van der Waals surface area contributed by atoms with Crippen molar-refractivity contribution in [3.05, 3.63) is 23.9 Å². The van der Waals surface area contributed by atoms with E-state index in [9.17, 15) is 8.42 Å². The van der Waals surface area contributed by atoms with Gasteiger partial charge >= 0.3 is 0 Å². The summed E-state index contributed by atoms with van der Waals surface area (Å²) in [5.41, 5.74) is 0.878. The quantitative estimate of drug-likeness (QED) is 0.625. The lowest BCUT2D eigenvalue weighted by molar-refractivity contribution is 0.586. The lowest BCUT2D eigenvalue weighted by Crippen LogP contribution is -2.34. The van der Waals surface area contributed by atoms with Gasteiger partial charge in [-0.15, -0.1) is 0 Å². The Bertz CT molecular complexity index is 300. The Morgan fingerprint density at radius 2 is 2.18 bits per heavy atom. The molecule has 0 aromatic heterocycles. The number of allylic oxidation sites excluding steroid dienone is 3. The fourth-order valence-corrected chi connectivity index (χ4v) is 1.65. The summed E-state index contributed by atoms with van der Waals surface area (Å²) < 4.78 is 22.0. The number of hydrogen-bond donors (Lipinski definition) is 1. The van der Waals surface area contributed by atoms with Crippen LogP contribution < -0.4 is 5.32 Å². The zero-order chi connectivity index (χ0) is 8.48. The minimum Gasteiger partial charge on any atom is -0.370 e. The van der Waals surface area contributed by atoms with Gasteiger partial charge in [0, 0.05) is 12.0 Å². The number of hydrogen-bond acceptors (Lipinski definition) is 3. The van der Waals surface area contributed by atoms with Crippen LogP contribution in [-0.4, -0.2) is 20.0 Å². The molecule has 0 amide bonds. The molecule has 0 aromatic rings. The van der Waals surface area contributed by atoms with Gasteiger partial charge in [-0.05, 0) is 19.1 Å². The summed E-state index contributed by atoms with van der Waals surface area (Å²) in [4.78, 5) is 0. The Hall–Kier alpha value is -0.770. The number of dihydropyridines is 1. The van der Waals surface area contributed by atoms with Crippen molar-refractivity contribution in [1.82, 2.24) is 5.32 Å². The van der Waals surface area contributed by atoms with Gasteiger partial charge in [0.1, 0.15) is 5.37 Å². The van der Waals surface area contributed by atoms with Crippen LogP contribution in [0.1, 0.15) is 6.92 Å². The normalized spacial score (nSPS) is 24.2. The molecule has 4 heteroatoms. The van der Waals surface area contributed by atoms with Crippen LogP contribution in [0.25, 0.3) is 0 Å². The SMILES string of the molecule is CC1=CC=CC(S(C)(=O)=O)N1. The van der Waals surface area contributed by atoms with E-state index >= 15 is 0 Å². The first-order valence-electron chi connectivity index (χ1n) is 3.30. The maximum Gasteiger partial charge on any atom is 0.171 e. The van der Waals surface area contributed by atoms with Crippen molar-refractivity contribution in [2.45, 2.75) is 12.3 Å². The van der Waals surface area contributed by atoms with E-state index in [1.807, 2.05) is 13.0 Å². The van der Waals surface area contributed by atoms with Crippen molar-refractivity contribution in [2.24, 2.45) is 0 Å². The molecular weight excluding hydrogens is 162 g/mol. The van der Waals surface area contributed by atoms with Crippen molar-refractivity contribution >= 4 is 9.84 Å². The fourth-order valence-electron chi connectivity index (χ4n) is 0.871. The monoisotopic (exact) mass is 173 g/mol. The number of nitrogens with one attached hydrogen (secondary N) is 1. The number of rotatable bonds is 1. The predicted molar refractivity (Wildman–Crippen MR) is 44.7 cm³/mol. The van der Waals surface area contributed by atoms with Crippen molar-refractivity contribution in [2.75, 3.05) is 6.26 Å². The molecule has 0 saturated heterocycles. The molecular formula is C7H11NO2S. The van der Waals surface area contributed by atoms with E-state index in [4.69, 9.17) is 0 Å². The Morgan fingerprint density at radius 3 is 2.55 bits per heavy atom. The average molecular weight is 173 g/mol. The van der Waals surface area contributed by atoms with Gasteiger partial charge in [0.15, 0.2) is 9.84 Å². The molecule has 1 unspecified atom stereocenters. The third-order valence-electron chi connectivity index (χ3n) is 1.46. The van der Waals surface area contributed by atoms with Crippen LogP contribution in [-0.2, 0) is 9.84 Å². The lowest BCUT2D eigenvalue weighted by atomic mass is 10.3. The maximum atomic E-state index is 11.0. The van der Waals surface area contributed by atoms with Crippen molar-refractivity contribution in [3.63, 3.8) is 0 Å². The molecule has 1 rings (SSSR count). The molecule has 1 heterocycles. The molecule has 0 aromatic carbocycles. The Morgan fingerprint density at radius 1 is 1.55 bits per heavy atom. The van der Waals surface area contributed by atoms with Crippen LogP contribution in [0.2, 0.25) is 0 Å². The molecule has 0 aliphatic carbocycles. The molecule has 11 heavy (non-hydrogen) atoms. The first-order valence-corrected chi connectivity index (χ1v) is 5.26. The first-order chi connectivity index (χ1) is 5.00. The molecule has 1 N–H and O–H groups in total. The molecule has 62 valence electrons. The Labute approximate surface area is 66.7 Å². The molecule has 0 radical (unpaired) electrons. The predicted octanol–water partition coefficient (Wildman–Crippen LogP) is 0.420. The second-order valence-corrected chi connectivity index (χ2v) is 4.80. The molecule has 1 aliphatic heterocycles. The highest BCUT2D eigenvalue weighted by atomic mass is 32.2. The maximum absolute atomic E-state index is 11.0. The summed E-state index contributed by atoms with van der Waals surface area (Å²) in [5, 5.41) is 2.29. The number of sulfone groups is 1. The van der Waals surface area contributed by atoms with Crippen molar-refractivity contribution < 1.29 is 8.42 Å². The topological polar surface area (TPSA) is 46.2 Å². The Balaban J connectivity index is 2.83. The standard InChI is InChI=1S/C7H11NO2S/c1-6-4-3-5-7(8-6)11(2,9)10/h3-5,7-8H,1-2H3. The first kappa shape index (κ1) is 8.33. The van der Waals surface area contributed by atoms with Gasteiger partial charge < -0.3 is 5.32 Å². The second-order valence-electron chi connectivity index (χ2n) is 2.63. The van der Waals surface area contributed by atoms with Gasteiger partial charge in [-0.25, -0.2) is 8.42 Å². The smallest absolute Gasteiger partial charge is 0.171 e. The zero-order valence-corrected chi connectivity index (χ0v) is 7.35. The summed E-state index contributed by atoms with van der Waals surface area (Å²) >= 11 is 0. The zero-order valence-electron chi connectivity index (χ0n) is 6.53. The highest BCUT2D eigenvalue weighted by molar-refractivity contribution is 7.91. The van der Waals surface area contributed by atoms with E-state index in [1.165, 1.54) is 6.26 Å². The fraction of sp³-hybridized carbons (Fsp3) is 0.429. The van der Waals surface area contributed by atoms with Gasteiger partial charge in [-0.2, -0.15) is 0 Å². The van der Waals surface area contributed by atoms with E-state index in [1.54, 1.807) is 12.2 Å². The summed E-state index contributed by atoms with van der Waals surface area (Å²) in [7, 11) is -3.00. The highest BCUT2D eigenvalue weighted by Gasteiger charge is 2.17. The third-order valence-corrected chi connectivity index (χ3v) is 2.66. The third kappa shape index (κ3) is 2.08. The van der Waals surface area contributed by atoms with E-state index in [2.05, 4.69) is 5.32 Å². The highest BCUT2D eigenvalue weighted by Crippen LogP contribution is 2.05. The molecule has 0 saturated carbocycles. The van der Waals surface area contributed by atoms with Crippen molar-refractivity contribution in [3.8, 4) is 0 Å². The molecule has 0 bridgehead atoms. The molecule has 3 nitrogen and oxygen atoms in total. The molecule has 0 fully saturated rings. The van der Waals surface area contributed by atoms with E-state index in [-0.39, 0.29) is 0 Å². The van der Waals surface area contributed by atoms with Crippen LogP contribution >= 0.6 is 0 Å². The Kier molecular flexibility index (Phi) is 2.04. The van der Waals surface area contributed by atoms with E-state index in [0.717, 1.165) is 5.70 Å². The lowest BCUT2D eigenvalue weighted by Gasteiger charge is -2.17. The van der Waals surface area contributed by atoms with E-state index < -0.39 is 15.2 Å². The van der Waals surface area contributed by atoms with Crippen LogP contribution in [0.5, 0.6) is 0 Å². The van der Waals surface area contributed by atoms with Gasteiger partial charge in [-0.3, -0.25) is 0 Å². The minimum atomic E-state index is -3.00. The van der Waals surface area contributed by atoms with Crippen LogP contribution in [0.4, 0.5) is 0 Å². The second kappa shape index (κ2) is 2.70. The van der Waals surface area contributed by atoms with Crippen LogP contribution in [0, 0.1) is 0 Å². The van der Waals surface area contributed by atoms with Crippen LogP contribution in [0.15, 0.2) is 23.9 Å². The average Bonchev–Trinajstić information content (AvgIpc) is 1.86. The van der Waals surface area contributed by atoms with E-state index in [0.29, 0.717) is 0 Å². The summed E-state index contributed by atoms with van der Waals surface area (Å²) in [6, 6.07) is 0. The summed E-state index contributed by atoms with van der Waals surface area (Å²) in [6.07, 6.45) is 6.43.